The molecule has 0 spiro atoms. The average molecular weight is 153 g/mol. The number of nitrogens with zero attached hydrogens (tertiary/aromatic N) is 1. The number of likely N-dealkylation sites (tertiary alicyclic amines) is 1. The van der Waals surface area contributed by atoms with E-state index in [4.69, 9.17) is 0 Å². The number of hydrogen-bond acceptors (Lipinski definition) is 1. The van der Waals surface area contributed by atoms with Crippen LogP contribution in [0.3, 0.4) is 0 Å². The quantitative estimate of drug-likeness (QED) is 0.515. The summed E-state index contributed by atoms with van der Waals surface area (Å²) in [6, 6.07) is 0.934. The van der Waals surface area contributed by atoms with E-state index in [1.54, 1.807) is 0 Å². The molecule has 11 heavy (non-hydrogen) atoms. The van der Waals surface area contributed by atoms with Gasteiger partial charge in [-0.05, 0) is 44.7 Å². The van der Waals surface area contributed by atoms with Gasteiger partial charge in [0.25, 0.3) is 0 Å². The van der Waals surface area contributed by atoms with E-state index in [2.05, 4.69) is 18.9 Å². The van der Waals surface area contributed by atoms with Gasteiger partial charge in [0, 0.05) is 6.04 Å². The molecule has 1 heteroatoms. The zero-order valence-electron chi connectivity index (χ0n) is 7.71. The Kier molecular flexibility index (Phi) is 1.92. The molecule has 0 bridgehead atoms. The second-order valence-electron chi connectivity index (χ2n) is 4.43. The molecule has 1 saturated heterocycles. The summed E-state index contributed by atoms with van der Waals surface area (Å²) in [4.78, 5) is 2.58. The van der Waals surface area contributed by atoms with Crippen molar-refractivity contribution in [2.24, 2.45) is 11.8 Å². The van der Waals surface area contributed by atoms with Gasteiger partial charge in [-0.2, -0.15) is 0 Å². The van der Waals surface area contributed by atoms with Gasteiger partial charge < -0.3 is 4.90 Å². The highest BCUT2D eigenvalue weighted by Crippen LogP contribution is 2.38. The molecule has 1 nitrogen and oxygen atoms in total. The van der Waals surface area contributed by atoms with E-state index >= 15 is 0 Å². The molecule has 1 aliphatic heterocycles. The van der Waals surface area contributed by atoms with E-state index in [0.717, 1.165) is 17.9 Å². The van der Waals surface area contributed by atoms with Crippen molar-refractivity contribution in [1.29, 1.82) is 0 Å². The third-order valence-electron chi connectivity index (χ3n) is 3.66. The lowest BCUT2D eigenvalue weighted by Crippen LogP contribution is -2.37. The summed E-state index contributed by atoms with van der Waals surface area (Å²) in [5, 5.41) is 0. The van der Waals surface area contributed by atoms with Gasteiger partial charge in [0.05, 0.1) is 0 Å². The molecule has 1 saturated carbocycles. The Hall–Kier alpha value is -0.0400. The van der Waals surface area contributed by atoms with E-state index in [1.807, 2.05) is 0 Å². The molecule has 0 N–H and O–H groups in total. The first-order chi connectivity index (χ1) is 5.29. The third-order valence-corrected chi connectivity index (χ3v) is 3.66. The highest BCUT2D eigenvalue weighted by molar-refractivity contribution is 4.91. The highest BCUT2D eigenvalue weighted by atomic mass is 15.2. The van der Waals surface area contributed by atoms with Crippen LogP contribution in [0, 0.1) is 11.8 Å². The lowest BCUT2D eigenvalue weighted by atomic mass is 9.78. The molecule has 0 radical (unpaired) electrons. The van der Waals surface area contributed by atoms with Crippen LogP contribution in [0.1, 0.15) is 32.6 Å². The summed E-state index contributed by atoms with van der Waals surface area (Å²) in [5.74, 6) is 2.00. The van der Waals surface area contributed by atoms with Crippen LogP contribution in [-0.2, 0) is 0 Å². The molecule has 2 rings (SSSR count). The maximum absolute atomic E-state index is 2.58. The smallest absolute Gasteiger partial charge is 0.0147 e. The molecule has 3 unspecified atom stereocenters. The van der Waals surface area contributed by atoms with Crippen molar-refractivity contribution in [3.63, 3.8) is 0 Å². The average Bonchev–Trinajstić information content (AvgIpc) is 2.34. The fourth-order valence-corrected chi connectivity index (χ4v) is 3.14. The van der Waals surface area contributed by atoms with Gasteiger partial charge >= 0.3 is 0 Å². The van der Waals surface area contributed by atoms with Gasteiger partial charge in [-0.15, -0.1) is 0 Å². The molecule has 0 amide bonds. The number of rotatable bonds is 0. The van der Waals surface area contributed by atoms with Gasteiger partial charge in [-0.1, -0.05) is 13.3 Å². The molecular weight excluding hydrogens is 134 g/mol. The van der Waals surface area contributed by atoms with Crippen LogP contribution in [0.15, 0.2) is 0 Å². The van der Waals surface area contributed by atoms with Crippen LogP contribution in [-0.4, -0.2) is 24.5 Å². The molecule has 2 aliphatic rings. The van der Waals surface area contributed by atoms with Crippen LogP contribution in [0.5, 0.6) is 0 Å². The van der Waals surface area contributed by atoms with Crippen LogP contribution >= 0.6 is 0 Å². The van der Waals surface area contributed by atoms with Crippen molar-refractivity contribution in [3.05, 3.63) is 0 Å². The first kappa shape index (κ1) is 7.60. The second-order valence-corrected chi connectivity index (χ2v) is 4.43. The Morgan fingerprint density at radius 2 is 2.00 bits per heavy atom. The van der Waals surface area contributed by atoms with Crippen molar-refractivity contribution >= 4 is 0 Å². The molecule has 2 fully saturated rings. The molecule has 0 aromatic heterocycles. The predicted octanol–water partition coefficient (Wildman–Crippen LogP) is 2.13. The minimum atomic E-state index is 0.934. The SMILES string of the molecule is CC1CCCC2CCN(C)C12. The van der Waals surface area contributed by atoms with Crippen molar-refractivity contribution in [2.45, 2.75) is 38.6 Å². The maximum Gasteiger partial charge on any atom is 0.0147 e. The highest BCUT2D eigenvalue weighted by Gasteiger charge is 2.37. The van der Waals surface area contributed by atoms with Crippen molar-refractivity contribution in [1.82, 2.24) is 4.90 Å². The normalized spacial score (nSPS) is 45.8. The van der Waals surface area contributed by atoms with Crippen LogP contribution < -0.4 is 0 Å². The minimum Gasteiger partial charge on any atom is -0.303 e. The molecule has 0 aromatic rings. The Morgan fingerprint density at radius 1 is 1.18 bits per heavy atom. The summed E-state index contributed by atoms with van der Waals surface area (Å²) >= 11 is 0. The van der Waals surface area contributed by atoms with E-state index < -0.39 is 0 Å². The van der Waals surface area contributed by atoms with Gasteiger partial charge in [-0.3, -0.25) is 0 Å². The summed E-state index contributed by atoms with van der Waals surface area (Å²) in [5.41, 5.74) is 0. The van der Waals surface area contributed by atoms with Gasteiger partial charge in [0.2, 0.25) is 0 Å². The van der Waals surface area contributed by atoms with Gasteiger partial charge in [0.1, 0.15) is 0 Å². The van der Waals surface area contributed by atoms with Gasteiger partial charge in [-0.25, -0.2) is 0 Å². The fourth-order valence-electron chi connectivity index (χ4n) is 3.14. The molecule has 64 valence electrons. The Balaban J connectivity index is 2.08. The lowest BCUT2D eigenvalue weighted by Gasteiger charge is -2.35. The Bertz CT molecular complexity index is 142. The molecule has 1 aliphatic carbocycles. The predicted molar refractivity (Wildman–Crippen MR) is 47.5 cm³/mol. The van der Waals surface area contributed by atoms with Crippen molar-refractivity contribution < 1.29 is 0 Å². The number of hydrogen-bond donors (Lipinski definition) is 0. The molecule has 0 aromatic carbocycles. The Morgan fingerprint density at radius 3 is 2.73 bits per heavy atom. The zero-order chi connectivity index (χ0) is 7.84. The van der Waals surface area contributed by atoms with E-state index in [-0.39, 0.29) is 0 Å². The van der Waals surface area contributed by atoms with Gasteiger partial charge in [0.15, 0.2) is 0 Å². The fraction of sp³-hybridized carbons (Fsp3) is 1.00. The minimum absolute atomic E-state index is 0.934. The second kappa shape index (κ2) is 2.78. The first-order valence-corrected chi connectivity index (χ1v) is 4.99. The standard InChI is InChI=1S/C10H19N/c1-8-4-3-5-9-6-7-11(2)10(8)9/h8-10H,3-7H2,1-2H3. The molecule has 3 atom stereocenters. The van der Waals surface area contributed by atoms with E-state index in [1.165, 1.54) is 32.2 Å². The monoisotopic (exact) mass is 153 g/mol. The number of fused-ring (bicyclic) bond motifs is 1. The van der Waals surface area contributed by atoms with Crippen LogP contribution in [0.2, 0.25) is 0 Å². The third kappa shape index (κ3) is 1.20. The van der Waals surface area contributed by atoms with E-state index in [9.17, 15) is 0 Å². The van der Waals surface area contributed by atoms with Crippen molar-refractivity contribution in [2.75, 3.05) is 13.6 Å². The first-order valence-electron chi connectivity index (χ1n) is 4.99. The van der Waals surface area contributed by atoms with Crippen LogP contribution in [0.25, 0.3) is 0 Å². The van der Waals surface area contributed by atoms with Crippen LogP contribution in [0.4, 0.5) is 0 Å². The largest absolute Gasteiger partial charge is 0.303 e. The Labute approximate surface area is 69.8 Å². The zero-order valence-corrected chi connectivity index (χ0v) is 7.71. The molecular formula is C10H19N. The lowest BCUT2D eigenvalue weighted by molar-refractivity contribution is 0.153. The molecule has 1 heterocycles. The summed E-state index contributed by atoms with van der Waals surface area (Å²) in [7, 11) is 2.30. The van der Waals surface area contributed by atoms with Crippen molar-refractivity contribution in [3.8, 4) is 0 Å². The summed E-state index contributed by atoms with van der Waals surface area (Å²) in [6.07, 6.45) is 5.91. The van der Waals surface area contributed by atoms with E-state index in [0.29, 0.717) is 0 Å². The summed E-state index contributed by atoms with van der Waals surface area (Å²) in [6.45, 7) is 3.78. The topological polar surface area (TPSA) is 3.24 Å². The maximum atomic E-state index is 2.58. The summed E-state index contributed by atoms with van der Waals surface area (Å²) < 4.78 is 0.